The lowest BCUT2D eigenvalue weighted by molar-refractivity contribution is 0.0949. The molecule has 2 rings (SSSR count). The molecule has 0 aromatic heterocycles. The maximum Gasteiger partial charge on any atom is 0.255 e. The van der Waals surface area contributed by atoms with Gasteiger partial charge >= 0.3 is 0 Å². The zero-order chi connectivity index (χ0) is 14.5. The molecule has 1 amide bonds. The lowest BCUT2D eigenvalue weighted by Gasteiger charge is -2.12. The predicted molar refractivity (Wildman–Crippen MR) is 78.8 cm³/mol. The van der Waals surface area contributed by atoms with E-state index in [0.29, 0.717) is 0 Å². The normalized spacial score (nSPS) is 11.9. The van der Waals surface area contributed by atoms with Gasteiger partial charge in [-0.05, 0) is 17.7 Å². The first-order valence-corrected chi connectivity index (χ1v) is 6.82. The molecule has 0 radical (unpaired) electrons. The van der Waals surface area contributed by atoms with Crippen LogP contribution in [0, 0.1) is 5.82 Å². The Morgan fingerprint density at radius 2 is 1.85 bits per heavy atom. The SMILES string of the molecule is O=C(NCC(Cl)c1ccccc1)c1c(F)cccc1Cl. The van der Waals surface area contributed by atoms with E-state index in [0.717, 1.165) is 5.56 Å². The molecule has 1 N–H and O–H groups in total. The van der Waals surface area contributed by atoms with Gasteiger partial charge in [0.1, 0.15) is 5.82 Å². The van der Waals surface area contributed by atoms with Gasteiger partial charge in [0.25, 0.3) is 5.91 Å². The molecule has 20 heavy (non-hydrogen) atoms. The van der Waals surface area contributed by atoms with Crippen LogP contribution in [0.4, 0.5) is 4.39 Å². The smallest absolute Gasteiger partial charge is 0.255 e. The van der Waals surface area contributed by atoms with Gasteiger partial charge in [-0.2, -0.15) is 0 Å². The third-order valence-corrected chi connectivity index (χ3v) is 3.51. The van der Waals surface area contributed by atoms with Gasteiger partial charge in [0, 0.05) is 6.54 Å². The molecule has 2 aromatic carbocycles. The summed E-state index contributed by atoms with van der Waals surface area (Å²) in [6.45, 7) is 0.190. The second kappa shape index (κ2) is 6.73. The summed E-state index contributed by atoms with van der Waals surface area (Å²) in [6.07, 6.45) is 0. The number of alkyl halides is 1. The van der Waals surface area contributed by atoms with E-state index < -0.39 is 11.7 Å². The van der Waals surface area contributed by atoms with Crippen LogP contribution in [-0.4, -0.2) is 12.5 Å². The zero-order valence-electron chi connectivity index (χ0n) is 10.4. The van der Waals surface area contributed by atoms with Gasteiger partial charge in [0.2, 0.25) is 0 Å². The number of halogens is 3. The number of nitrogens with one attached hydrogen (secondary N) is 1. The van der Waals surface area contributed by atoms with E-state index in [1.807, 2.05) is 30.3 Å². The van der Waals surface area contributed by atoms with E-state index in [1.165, 1.54) is 18.2 Å². The first kappa shape index (κ1) is 14.8. The topological polar surface area (TPSA) is 29.1 Å². The van der Waals surface area contributed by atoms with Gasteiger partial charge in [-0.25, -0.2) is 4.39 Å². The van der Waals surface area contributed by atoms with Crippen LogP contribution in [0.1, 0.15) is 21.3 Å². The summed E-state index contributed by atoms with van der Waals surface area (Å²) >= 11 is 12.0. The Labute approximate surface area is 126 Å². The van der Waals surface area contributed by atoms with Crippen molar-refractivity contribution in [1.82, 2.24) is 5.32 Å². The van der Waals surface area contributed by atoms with E-state index in [1.54, 1.807) is 0 Å². The van der Waals surface area contributed by atoms with Crippen molar-refractivity contribution >= 4 is 29.1 Å². The van der Waals surface area contributed by atoms with Gasteiger partial charge in [-0.1, -0.05) is 48.0 Å². The number of hydrogen-bond acceptors (Lipinski definition) is 1. The minimum absolute atomic E-state index is 0.0772. The first-order valence-electron chi connectivity index (χ1n) is 6.01. The van der Waals surface area contributed by atoms with Crippen LogP contribution in [0.5, 0.6) is 0 Å². The average Bonchev–Trinajstić information content (AvgIpc) is 2.45. The highest BCUT2D eigenvalue weighted by Gasteiger charge is 2.17. The van der Waals surface area contributed by atoms with Crippen molar-refractivity contribution in [3.63, 3.8) is 0 Å². The second-order valence-corrected chi connectivity index (χ2v) is 5.12. The summed E-state index contributed by atoms with van der Waals surface area (Å²) in [6, 6.07) is 13.4. The minimum atomic E-state index is -0.652. The lowest BCUT2D eigenvalue weighted by atomic mass is 10.1. The highest BCUT2D eigenvalue weighted by molar-refractivity contribution is 6.33. The number of carbonyl (C=O) groups excluding carboxylic acids is 1. The third kappa shape index (κ3) is 3.50. The van der Waals surface area contributed by atoms with E-state index in [-0.39, 0.29) is 22.5 Å². The molecule has 0 saturated carbocycles. The Balaban J connectivity index is 2.03. The molecule has 0 fully saturated rings. The van der Waals surface area contributed by atoms with Crippen molar-refractivity contribution in [2.75, 3.05) is 6.54 Å². The van der Waals surface area contributed by atoms with Crippen LogP contribution in [0.15, 0.2) is 48.5 Å². The van der Waals surface area contributed by atoms with Crippen molar-refractivity contribution in [1.29, 1.82) is 0 Å². The lowest BCUT2D eigenvalue weighted by Crippen LogP contribution is -2.28. The fourth-order valence-corrected chi connectivity index (χ4v) is 2.24. The van der Waals surface area contributed by atoms with Crippen molar-refractivity contribution < 1.29 is 9.18 Å². The summed E-state index contributed by atoms with van der Waals surface area (Å²) in [5, 5.41) is 2.28. The molecule has 1 unspecified atom stereocenters. The molecular formula is C15H12Cl2FNO. The van der Waals surface area contributed by atoms with E-state index in [9.17, 15) is 9.18 Å². The molecule has 5 heteroatoms. The van der Waals surface area contributed by atoms with Crippen LogP contribution >= 0.6 is 23.2 Å². The van der Waals surface area contributed by atoms with Crippen LogP contribution < -0.4 is 5.32 Å². The van der Waals surface area contributed by atoms with Crippen LogP contribution in [0.25, 0.3) is 0 Å². The van der Waals surface area contributed by atoms with E-state index in [4.69, 9.17) is 23.2 Å². The molecule has 2 aromatic rings. The first-order chi connectivity index (χ1) is 9.59. The second-order valence-electron chi connectivity index (χ2n) is 4.18. The molecule has 0 aliphatic rings. The predicted octanol–water partition coefficient (Wildman–Crippen LogP) is 4.19. The molecule has 0 aliphatic carbocycles. The number of hydrogen-bond donors (Lipinski definition) is 1. The molecule has 0 heterocycles. The summed E-state index contributed by atoms with van der Waals surface area (Å²) in [5.74, 6) is -1.23. The van der Waals surface area contributed by atoms with Gasteiger partial charge in [-0.3, -0.25) is 4.79 Å². The van der Waals surface area contributed by atoms with Crippen LogP contribution in [-0.2, 0) is 0 Å². The van der Waals surface area contributed by atoms with Crippen molar-refractivity contribution in [3.8, 4) is 0 Å². The highest BCUT2D eigenvalue weighted by Crippen LogP contribution is 2.21. The van der Waals surface area contributed by atoms with Crippen LogP contribution in [0.2, 0.25) is 5.02 Å². The Morgan fingerprint density at radius 3 is 2.50 bits per heavy atom. The summed E-state index contributed by atoms with van der Waals surface area (Å²) in [4.78, 5) is 11.9. The molecule has 0 spiro atoms. The number of amides is 1. The molecule has 2 nitrogen and oxygen atoms in total. The quantitative estimate of drug-likeness (QED) is 0.843. The maximum atomic E-state index is 13.6. The standard InChI is InChI=1S/C15H12Cl2FNO/c16-11-7-4-8-13(18)14(11)15(20)19-9-12(17)10-5-2-1-3-6-10/h1-8,12H,9H2,(H,19,20). The molecular weight excluding hydrogens is 300 g/mol. The molecule has 1 atom stereocenters. The van der Waals surface area contributed by atoms with Gasteiger partial charge in [0.15, 0.2) is 0 Å². The van der Waals surface area contributed by atoms with E-state index >= 15 is 0 Å². The average molecular weight is 312 g/mol. The summed E-state index contributed by atoms with van der Waals surface area (Å²) < 4.78 is 13.6. The van der Waals surface area contributed by atoms with Crippen molar-refractivity contribution in [2.45, 2.75) is 5.38 Å². The summed E-state index contributed by atoms with van der Waals surface area (Å²) in [5.41, 5.74) is 0.722. The third-order valence-electron chi connectivity index (χ3n) is 2.79. The van der Waals surface area contributed by atoms with Crippen molar-refractivity contribution in [2.24, 2.45) is 0 Å². The molecule has 0 saturated heterocycles. The Hall–Kier alpha value is -1.58. The van der Waals surface area contributed by atoms with Crippen LogP contribution in [0.3, 0.4) is 0 Å². The van der Waals surface area contributed by atoms with E-state index in [2.05, 4.69) is 5.32 Å². The summed E-state index contributed by atoms with van der Waals surface area (Å²) in [7, 11) is 0. The van der Waals surface area contributed by atoms with Crippen molar-refractivity contribution in [3.05, 3.63) is 70.5 Å². The Morgan fingerprint density at radius 1 is 1.15 bits per heavy atom. The Bertz CT molecular complexity index is 584. The maximum absolute atomic E-state index is 13.6. The monoisotopic (exact) mass is 311 g/mol. The fraction of sp³-hybridized carbons (Fsp3) is 0.133. The molecule has 0 aliphatic heterocycles. The zero-order valence-corrected chi connectivity index (χ0v) is 12.0. The fourth-order valence-electron chi connectivity index (χ4n) is 1.77. The Kier molecular flexibility index (Phi) is 4.99. The molecule has 104 valence electrons. The molecule has 0 bridgehead atoms. The number of benzene rings is 2. The number of rotatable bonds is 4. The minimum Gasteiger partial charge on any atom is -0.350 e. The van der Waals surface area contributed by atoms with Gasteiger partial charge < -0.3 is 5.32 Å². The highest BCUT2D eigenvalue weighted by atomic mass is 35.5. The van der Waals surface area contributed by atoms with Gasteiger partial charge in [0.05, 0.1) is 16.0 Å². The van der Waals surface area contributed by atoms with Gasteiger partial charge in [-0.15, -0.1) is 11.6 Å². The largest absolute Gasteiger partial charge is 0.350 e. The number of carbonyl (C=O) groups is 1.